The Kier molecular flexibility index (Phi) is 44.1. The number of nitrogens with zero attached hydrogens (tertiary/aromatic N) is 2. The molecule has 0 aliphatic heterocycles. The van der Waals surface area contributed by atoms with Crippen LogP contribution in [0.3, 0.4) is 0 Å². The van der Waals surface area contributed by atoms with E-state index in [4.69, 9.17) is 9.47 Å². The zero-order valence-corrected chi connectivity index (χ0v) is 43.1. The van der Waals surface area contributed by atoms with Gasteiger partial charge in [-0.25, -0.2) is 12.7 Å². The van der Waals surface area contributed by atoms with Crippen LogP contribution in [0.25, 0.3) is 0 Å². The molecule has 0 rings (SSSR count). The second kappa shape index (κ2) is 45.0. The highest BCUT2D eigenvalue weighted by Crippen LogP contribution is 2.21. The Morgan fingerprint density at radius 1 is 0.387 bits per heavy atom. The van der Waals surface area contributed by atoms with Crippen molar-refractivity contribution >= 4 is 22.0 Å². The number of hydrogen-bond donors (Lipinski definition) is 0. The van der Waals surface area contributed by atoms with Crippen LogP contribution in [0.4, 0.5) is 0 Å². The van der Waals surface area contributed by atoms with Gasteiger partial charge in [0.05, 0.1) is 12.2 Å². The minimum atomic E-state index is -3.45. The molecule has 0 saturated carbocycles. The second-order valence-corrected chi connectivity index (χ2v) is 21.2. The molecule has 62 heavy (non-hydrogen) atoms. The van der Waals surface area contributed by atoms with E-state index in [1.807, 2.05) is 19.0 Å². The summed E-state index contributed by atoms with van der Waals surface area (Å²) in [4.78, 5) is 28.1. The maximum Gasteiger partial charge on any atom is 0.307 e. The first-order valence-electron chi connectivity index (χ1n) is 27.1. The van der Waals surface area contributed by atoms with Crippen molar-refractivity contribution in [2.75, 3.05) is 39.5 Å². The standard InChI is InChI=1S/C53H106N2O6S/c1-7-11-15-19-21-22-23-24-25-26-27-28-30-36-42-51(61-53(57)45-46-55(48-47-54(5)6)62(58,59)49-39-33-20-16-12-8-2)43-37-31-29-32-38-44-52(56)60-50(40-34-17-13-9-3)41-35-18-14-10-4/h50-51H,7-49H2,1-6H3. The number of hydrogen-bond acceptors (Lipinski definition) is 7. The van der Waals surface area contributed by atoms with E-state index in [0.717, 1.165) is 103 Å². The number of rotatable bonds is 49. The summed E-state index contributed by atoms with van der Waals surface area (Å²) < 4.78 is 40.5. The average molecular weight is 900 g/mol. The van der Waals surface area contributed by atoms with E-state index in [-0.39, 0.29) is 42.9 Å². The van der Waals surface area contributed by atoms with Crippen LogP contribution in [0.2, 0.25) is 0 Å². The molecule has 0 bridgehead atoms. The zero-order chi connectivity index (χ0) is 45.8. The molecule has 0 amide bonds. The summed E-state index contributed by atoms with van der Waals surface area (Å²) in [6, 6.07) is 0. The van der Waals surface area contributed by atoms with Gasteiger partial charge in [-0.3, -0.25) is 9.59 Å². The third-order valence-electron chi connectivity index (χ3n) is 12.7. The zero-order valence-electron chi connectivity index (χ0n) is 42.3. The fourth-order valence-electron chi connectivity index (χ4n) is 8.46. The van der Waals surface area contributed by atoms with Crippen LogP contribution in [0.5, 0.6) is 0 Å². The molecule has 1 unspecified atom stereocenters. The predicted molar refractivity (Wildman–Crippen MR) is 266 cm³/mol. The molecule has 0 heterocycles. The average Bonchev–Trinajstić information content (AvgIpc) is 3.24. The number of carbonyl (C=O) groups is 2. The van der Waals surface area contributed by atoms with Crippen LogP contribution in [0.15, 0.2) is 0 Å². The quantitative estimate of drug-likeness (QED) is 0.0443. The first-order chi connectivity index (χ1) is 30.1. The Morgan fingerprint density at radius 2 is 0.694 bits per heavy atom. The maximum atomic E-state index is 13.4. The predicted octanol–water partition coefficient (Wildman–Crippen LogP) is 15.3. The Morgan fingerprint density at radius 3 is 1.06 bits per heavy atom. The lowest BCUT2D eigenvalue weighted by molar-refractivity contribution is -0.151. The molecule has 0 saturated heterocycles. The fourth-order valence-corrected chi connectivity index (χ4v) is 10.0. The highest BCUT2D eigenvalue weighted by atomic mass is 32.2. The highest BCUT2D eigenvalue weighted by Gasteiger charge is 2.24. The van der Waals surface area contributed by atoms with Crippen molar-refractivity contribution in [3.63, 3.8) is 0 Å². The van der Waals surface area contributed by atoms with Gasteiger partial charge in [0.2, 0.25) is 10.0 Å². The Labute approximate surface area is 387 Å². The molecule has 370 valence electrons. The number of likely N-dealkylation sites (N-methyl/N-ethyl adjacent to an activating group) is 1. The summed E-state index contributed by atoms with van der Waals surface area (Å²) in [6.07, 6.45) is 43.5. The number of carbonyl (C=O) groups excluding carboxylic acids is 2. The minimum Gasteiger partial charge on any atom is -0.462 e. The van der Waals surface area contributed by atoms with Gasteiger partial charge in [-0.15, -0.1) is 0 Å². The summed E-state index contributed by atoms with van der Waals surface area (Å²) in [6.45, 7) is 10.1. The molecule has 1 atom stereocenters. The smallest absolute Gasteiger partial charge is 0.307 e. The summed E-state index contributed by atoms with van der Waals surface area (Å²) in [5.74, 6) is -0.169. The van der Waals surface area contributed by atoms with Gasteiger partial charge >= 0.3 is 11.9 Å². The number of unbranched alkanes of at least 4 members (excludes halogenated alkanes) is 28. The van der Waals surface area contributed by atoms with E-state index >= 15 is 0 Å². The van der Waals surface area contributed by atoms with Gasteiger partial charge < -0.3 is 14.4 Å². The van der Waals surface area contributed by atoms with E-state index in [0.29, 0.717) is 25.9 Å². The van der Waals surface area contributed by atoms with E-state index in [1.165, 1.54) is 133 Å². The van der Waals surface area contributed by atoms with Crippen molar-refractivity contribution in [3.05, 3.63) is 0 Å². The topological polar surface area (TPSA) is 93.2 Å². The highest BCUT2D eigenvalue weighted by molar-refractivity contribution is 7.89. The minimum absolute atomic E-state index is 0.0309. The van der Waals surface area contributed by atoms with Crippen LogP contribution >= 0.6 is 0 Å². The van der Waals surface area contributed by atoms with Gasteiger partial charge in [-0.1, -0.05) is 201 Å². The molecule has 0 fully saturated rings. The lowest BCUT2D eigenvalue weighted by Crippen LogP contribution is -2.39. The summed E-state index contributed by atoms with van der Waals surface area (Å²) in [7, 11) is 0.448. The molecular weight excluding hydrogens is 793 g/mol. The second-order valence-electron chi connectivity index (χ2n) is 19.1. The van der Waals surface area contributed by atoms with Crippen molar-refractivity contribution in [2.45, 2.75) is 290 Å². The largest absolute Gasteiger partial charge is 0.462 e. The fraction of sp³-hybridized carbons (Fsp3) is 0.962. The van der Waals surface area contributed by atoms with Gasteiger partial charge in [0.25, 0.3) is 0 Å². The lowest BCUT2D eigenvalue weighted by Gasteiger charge is -2.24. The molecule has 0 aromatic rings. The van der Waals surface area contributed by atoms with Crippen LogP contribution in [0.1, 0.15) is 278 Å². The van der Waals surface area contributed by atoms with E-state index in [9.17, 15) is 18.0 Å². The third kappa shape index (κ3) is 40.3. The maximum absolute atomic E-state index is 13.4. The Hall–Kier alpha value is -1.19. The van der Waals surface area contributed by atoms with E-state index in [1.54, 1.807) is 0 Å². The van der Waals surface area contributed by atoms with Crippen LogP contribution in [0, 0.1) is 0 Å². The van der Waals surface area contributed by atoms with Gasteiger partial charge in [0.15, 0.2) is 0 Å². The van der Waals surface area contributed by atoms with Gasteiger partial charge in [0.1, 0.15) is 12.2 Å². The molecule has 0 aromatic heterocycles. The van der Waals surface area contributed by atoms with Crippen LogP contribution in [-0.2, 0) is 29.1 Å². The van der Waals surface area contributed by atoms with Crippen LogP contribution in [-0.4, -0.2) is 81.3 Å². The molecular formula is C53H106N2O6S. The normalized spacial score (nSPS) is 12.5. The first-order valence-corrected chi connectivity index (χ1v) is 28.7. The molecule has 0 N–H and O–H groups in total. The van der Waals surface area contributed by atoms with Gasteiger partial charge in [-0.05, 0) is 78.3 Å². The third-order valence-corrected chi connectivity index (χ3v) is 14.6. The first kappa shape index (κ1) is 60.8. The lowest BCUT2D eigenvalue weighted by atomic mass is 10.0. The number of esters is 2. The van der Waals surface area contributed by atoms with Crippen molar-refractivity contribution < 1.29 is 27.5 Å². The molecule has 0 aliphatic carbocycles. The van der Waals surface area contributed by atoms with Gasteiger partial charge in [-0.2, -0.15) is 0 Å². The van der Waals surface area contributed by atoms with E-state index < -0.39 is 10.0 Å². The number of sulfonamides is 1. The molecule has 0 aliphatic rings. The summed E-state index contributed by atoms with van der Waals surface area (Å²) in [5, 5.41) is 0. The molecule has 9 heteroatoms. The van der Waals surface area contributed by atoms with E-state index in [2.05, 4.69) is 27.7 Å². The molecule has 0 aromatic carbocycles. The molecule has 0 spiro atoms. The molecule has 8 nitrogen and oxygen atoms in total. The number of ether oxygens (including phenoxy) is 2. The summed E-state index contributed by atoms with van der Waals surface area (Å²) >= 11 is 0. The van der Waals surface area contributed by atoms with Crippen LogP contribution < -0.4 is 0 Å². The Balaban J connectivity index is 4.98. The van der Waals surface area contributed by atoms with Crippen molar-refractivity contribution in [1.29, 1.82) is 0 Å². The monoisotopic (exact) mass is 899 g/mol. The SMILES string of the molecule is CCCCCCCCCCCCCCCCC(CCCCCCCC(=O)OC(CCCCCC)CCCCCC)OC(=O)CCN(CCN(C)C)S(=O)(=O)CCCCCCCC. The van der Waals surface area contributed by atoms with Gasteiger partial charge in [0, 0.05) is 26.1 Å². The molecule has 0 radical (unpaired) electrons. The summed E-state index contributed by atoms with van der Waals surface area (Å²) in [5.41, 5.74) is 0. The van der Waals surface area contributed by atoms with Crippen molar-refractivity contribution in [3.8, 4) is 0 Å². The van der Waals surface area contributed by atoms with Crippen molar-refractivity contribution in [1.82, 2.24) is 9.21 Å². The van der Waals surface area contributed by atoms with Crippen molar-refractivity contribution in [2.24, 2.45) is 0 Å². The Bertz CT molecular complexity index is 1070.